The van der Waals surface area contributed by atoms with E-state index in [1.165, 1.54) is 21.3 Å². The number of fused-ring (bicyclic) bond motifs is 1. The number of rotatable bonds is 4. The minimum atomic E-state index is -0.992. The molecule has 0 spiro atoms. The summed E-state index contributed by atoms with van der Waals surface area (Å²) in [5, 5.41) is 9.84. The Morgan fingerprint density at radius 2 is 1.58 bits per heavy atom. The third kappa shape index (κ3) is 2.82. The highest BCUT2D eigenvalue weighted by Crippen LogP contribution is 2.50. The number of nitrogens with zero attached hydrogens (tertiary/aromatic N) is 1. The van der Waals surface area contributed by atoms with E-state index in [9.17, 15) is 14.9 Å². The number of ketones is 2. The number of nitrogens with two attached hydrogens (primary N) is 1. The molecule has 1 aliphatic carbocycles. The van der Waals surface area contributed by atoms with Crippen LogP contribution in [-0.2, 0) is 4.74 Å². The van der Waals surface area contributed by atoms with Crippen LogP contribution in [0, 0.1) is 11.3 Å². The molecule has 2 aliphatic rings. The standard InChI is InChI=1S/C23H18N2O6/c1-28-15-9-8-13(20(29-2)21(15)30-3)16-14(10-24)23(25)31-22-17(16)18(26)11-6-4-5-7-12(11)19(22)27/h4-9,16H,25H2,1-3H3/t16-/m0/s1. The zero-order valence-electron chi connectivity index (χ0n) is 17.0. The Bertz CT molecular complexity index is 1240. The van der Waals surface area contributed by atoms with Gasteiger partial charge in [0.05, 0.1) is 32.8 Å². The summed E-state index contributed by atoms with van der Waals surface area (Å²) in [5.74, 6) is -1.40. The summed E-state index contributed by atoms with van der Waals surface area (Å²) in [6, 6.07) is 11.7. The van der Waals surface area contributed by atoms with Gasteiger partial charge in [-0.15, -0.1) is 0 Å². The minimum Gasteiger partial charge on any atom is -0.493 e. The Balaban J connectivity index is 2.03. The van der Waals surface area contributed by atoms with Crippen molar-refractivity contribution in [1.82, 2.24) is 0 Å². The van der Waals surface area contributed by atoms with Crippen molar-refractivity contribution < 1.29 is 28.5 Å². The monoisotopic (exact) mass is 418 g/mol. The van der Waals surface area contributed by atoms with Crippen molar-refractivity contribution in [1.29, 1.82) is 5.26 Å². The van der Waals surface area contributed by atoms with Crippen LogP contribution in [0.4, 0.5) is 0 Å². The van der Waals surface area contributed by atoms with E-state index in [0.717, 1.165) is 0 Å². The van der Waals surface area contributed by atoms with E-state index < -0.39 is 17.5 Å². The number of allylic oxidation sites excluding steroid dienone is 3. The molecule has 8 nitrogen and oxygen atoms in total. The van der Waals surface area contributed by atoms with Gasteiger partial charge in [0.25, 0.3) is 0 Å². The molecule has 8 heteroatoms. The van der Waals surface area contributed by atoms with E-state index in [1.54, 1.807) is 36.4 Å². The van der Waals surface area contributed by atoms with Crippen molar-refractivity contribution >= 4 is 11.6 Å². The second kappa shape index (κ2) is 7.54. The van der Waals surface area contributed by atoms with Crippen LogP contribution in [0.5, 0.6) is 17.2 Å². The Labute approximate surface area is 178 Å². The fourth-order valence-corrected chi connectivity index (χ4v) is 3.97. The number of methoxy groups -OCH3 is 3. The van der Waals surface area contributed by atoms with Gasteiger partial charge in [0, 0.05) is 16.7 Å². The van der Waals surface area contributed by atoms with E-state index in [2.05, 4.69) is 0 Å². The van der Waals surface area contributed by atoms with Gasteiger partial charge in [-0.2, -0.15) is 5.26 Å². The van der Waals surface area contributed by atoms with Crippen molar-refractivity contribution in [2.45, 2.75) is 5.92 Å². The summed E-state index contributed by atoms with van der Waals surface area (Å²) in [7, 11) is 4.35. The molecule has 1 heterocycles. The molecule has 2 aromatic carbocycles. The Kier molecular flexibility index (Phi) is 4.87. The van der Waals surface area contributed by atoms with Crippen LogP contribution in [0.1, 0.15) is 32.2 Å². The predicted octanol–water partition coefficient (Wildman–Crippen LogP) is 2.85. The molecule has 0 aromatic heterocycles. The maximum absolute atomic E-state index is 13.5. The lowest BCUT2D eigenvalue weighted by Gasteiger charge is -2.31. The van der Waals surface area contributed by atoms with Crippen molar-refractivity contribution in [3.8, 4) is 23.3 Å². The Morgan fingerprint density at radius 3 is 2.16 bits per heavy atom. The normalized spacial score (nSPS) is 17.4. The molecule has 1 atom stereocenters. The van der Waals surface area contributed by atoms with E-state index in [0.29, 0.717) is 11.3 Å². The van der Waals surface area contributed by atoms with Crippen LogP contribution in [0.25, 0.3) is 0 Å². The first kappa shape index (κ1) is 20.0. The van der Waals surface area contributed by atoms with Gasteiger partial charge in [0.1, 0.15) is 11.6 Å². The summed E-state index contributed by atoms with van der Waals surface area (Å²) < 4.78 is 21.8. The average Bonchev–Trinajstić information content (AvgIpc) is 2.80. The van der Waals surface area contributed by atoms with Crippen LogP contribution in [-0.4, -0.2) is 32.9 Å². The highest BCUT2D eigenvalue weighted by molar-refractivity contribution is 6.27. The van der Waals surface area contributed by atoms with Gasteiger partial charge in [0.15, 0.2) is 23.0 Å². The fourth-order valence-electron chi connectivity index (χ4n) is 3.97. The van der Waals surface area contributed by atoms with Gasteiger partial charge in [-0.1, -0.05) is 30.3 Å². The van der Waals surface area contributed by atoms with E-state index in [1.807, 2.05) is 6.07 Å². The third-order valence-electron chi connectivity index (χ3n) is 5.33. The number of hydrogen-bond donors (Lipinski definition) is 1. The first-order chi connectivity index (χ1) is 15.0. The largest absolute Gasteiger partial charge is 0.493 e. The molecule has 0 saturated heterocycles. The molecule has 0 amide bonds. The Morgan fingerprint density at radius 1 is 0.935 bits per heavy atom. The SMILES string of the molecule is COc1ccc([C@H]2C(C#N)=C(N)OC3=C2C(=O)c2ccccc2C3=O)c(OC)c1OC. The highest BCUT2D eigenvalue weighted by atomic mass is 16.5. The maximum Gasteiger partial charge on any atom is 0.229 e. The first-order valence-electron chi connectivity index (χ1n) is 9.27. The third-order valence-corrected chi connectivity index (χ3v) is 5.33. The number of carbonyl (C=O) groups excluding carboxylic acids is 2. The molecule has 2 N–H and O–H groups in total. The number of ether oxygens (including phenoxy) is 4. The molecular weight excluding hydrogens is 400 g/mol. The zero-order valence-corrected chi connectivity index (χ0v) is 17.0. The van der Waals surface area contributed by atoms with Gasteiger partial charge < -0.3 is 24.7 Å². The molecule has 0 unspecified atom stereocenters. The van der Waals surface area contributed by atoms with Crippen molar-refractivity contribution in [2.24, 2.45) is 5.73 Å². The zero-order chi connectivity index (χ0) is 22.3. The lowest BCUT2D eigenvalue weighted by atomic mass is 9.75. The molecule has 2 aromatic rings. The van der Waals surface area contributed by atoms with Crippen molar-refractivity contribution in [3.63, 3.8) is 0 Å². The molecule has 0 bridgehead atoms. The summed E-state index contributed by atoms with van der Waals surface area (Å²) in [6.07, 6.45) is 0. The second-order valence-electron chi connectivity index (χ2n) is 6.79. The molecule has 0 radical (unpaired) electrons. The fraction of sp³-hybridized carbons (Fsp3) is 0.174. The number of benzene rings is 2. The first-order valence-corrected chi connectivity index (χ1v) is 9.27. The lowest BCUT2D eigenvalue weighted by Crippen LogP contribution is -2.32. The van der Waals surface area contributed by atoms with Crippen LogP contribution >= 0.6 is 0 Å². The Hall–Kier alpha value is -4.25. The number of carbonyl (C=O) groups is 2. The molecular formula is C23H18N2O6. The molecule has 0 saturated carbocycles. The van der Waals surface area contributed by atoms with Crippen LogP contribution < -0.4 is 19.9 Å². The average molecular weight is 418 g/mol. The van der Waals surface area contributed by atoms with Crippen LogP contribution in [0.2, 0.25) is 0 Å². The molecule has 156 valence electrons. The maximum atomic E-state index is 13.5. The topological polar surface area (TPSA) is 121 Å². The number of hydrogen-bond acceptors (Lipinski definition) is 8. The van der Waals surface area contributed by atoms with Crippen molar-refractivity contribution in [3.05, 3.63) is 75.9 Å². The van der Waals surface area contributed by atoms with E-state index in [4.69, 9.17) is 24.7 Å². The van der Waals surface area contributed by atoms with E-state index in [-0.39, 0.29) is 45.4 Å². The molecule has 31 heavy (non-hydrogen) atoms. The molecule has 1 aliphatic heterocycles. The summed E-state index contributed by atoms with van der Waals surface area (Å²) in [6.45, 7) is 0. The second-order valence-corrected chi connectivity index (χ2v) is 6.79. The molecule has 0 fully saturated rings. The van der Waals surface area contributed by atoms with E-state index >= 15 is 0 Å². The lowest BCUT2D eigenvalue weighted by molar-refractivity contribution is 0.0897. The number of Topliss-reactive ketones (excluding diaryl/α,β-unsaturated/α-hetero) is 2. The summed E-state index contributed by atoms with van der Waals surface area (Å²) >= 11 is 0. The molecule has 4 rings (SSSR count). The van der Waals surface area contributed by atoms with Gasteiger partial charge in [-0.3, -0.25) is 9.59 Å². The highest BCUT2D eigenvalue weighted by Gasteiger charge is 2.45. The van der Waals surface area contributed by atoms with Gasteiger partial charge in [-0.05, 0) is 6.07 Å². The summed E-state index contributed by atoms with van der Waals surface area (Å²) in [5.41, 5.74) is 6.90. The predicted molar refractivity (Wildman–Crippen MR) is 109 cm³/mol. The van der Waals surface area contributed by atoms with Crippen LogP contribution in [0.15, 0.2) is 59.2 Å². The van der Waals surface area contributed by atoms with Crippen molar-refractivity contribution in [2.75, 3.05) is 21.3 Å². The van der Waals surface area contributed by atoms with Crippen LogP contribution in [0.3, 0.4) is 0 Å². The van der Waals surface area contributed by atoms with Gasteiger partial charge in [0.2, 0.25) is 17.4 Å². The van der Waals surface area contributed by atoms with Gasteiger partial charge >= 0.3 is 0 Å². The number of nitriles is 1. The summed E-state index contributed by atoms with van der Waals surface area (Å²) in [4.78, 5) is 26.6. The van der Waals surface area contributed by atoms with Gasteiger partial charge in [-0.25, -0.2) is 0 Å². The smallest absolute Gasteiger partial charge is 0.229 e. The minimum absolute atomic E-state index is 0.00944. The quantitative estimate of drug-likeness (QED) is 0.805.